The molecule has 3 heterocycles. The third kappa shape index (κ3) is 7.91. The summed E-state index contributed by atoms with van der Waals surface area (Å²) in [6.45, 7) is -0.341. The molecule has 2 aliphatic heterocycles. The molecule has 21 heteroatoms. The molecule has 0 radical (unpaired) electrons. The van der Waals surface area contributed by atoms with Gasteiger partial charge in [-0.05, 0) is 28.0 Å². The zero-order valence-corrected chi connectivity index (χ0v) is 28.4. The summed E-state index contributed by atoms with van der Waals surface area (Å²) in [5.41, 5.74) is -2.02. The van der Waals surface area contributed by atoms with Gasteiger partial charge in [-0.15, -0.1) is 16.9 Å². The number of hydrogen-bond acceptors (Lipinski definition) is 14. The maximum Gasteiger partial charge on any atom is 1.00 e. The monoisotopic (exact) mass is 645 g/mol. The van der Waals surface area contributed by atoms with Gasteiger partial charge >= 0.3 is 59.1 Å². The predicted molar refractivity (Wildman–Crippen MR) is 131 cm³/mol. The minimum absolute atomic E-state index is 0. The number of benzene rings is 1. The molecule has 1 fully saturated rings. The molecule has 0 aliphatic carbocycles. The molecule has 210 valence electrons. The van der Waals surface area contributed by atoms with E-state index in [1.54, 1.807) is 22.9 Å². The number of thioether (sulfide) groups is 2. The minimum atomic E-state index is -4.77. The van der Waals surface area contributed by atoms with Crippen LogP contribution in [0.5, 0.6) is 0 Å². The van der Waals surface area contributed by atoms with Gasteiger partial charge in [0.15, 0.2) is 16.4 Å². The molecule has 0 bridgehead atoms. The van der Waals surface area contributed by atoms with Gasteiger partial charge in [0, 0.05) is 24.7 Å². The number of hydrogen-bond donors (Lipinski definition) is 4. The Balaban J connectivity index is 0.00000294. The molecule has 1 aromatic heterocycles. The first-order chi connectivity index (χ1) is 18.5. The average molecular weight is 646 g/mol. The van der Waals surface area contributed by atoms with Crippen molar-refractivity contribution in [3.05, 3.63) is 47.2 Å². The number of aliphatic hydroxyl groups is 1. The standard InChI is InChI=1S/C20H23N7O9S3.2Na/c1-36-20(22-15(29)14(28)10-5-3-2-4-6-10)17(32)27-13(16(30)31)11(9-37-18(20)27)12(7-8-21-39(33,34)35)38-19-23-25-26-24-19;;/h2-6,12,14,18,21,28H,7-9H2,1H3,(H,22,29)(H,30,31)(H,33,34,35)(H,23,24,25,26);;/q;2*+1/p-2/t12?,14?,18-,20-;;/m0../s1. The van der Waals surface area contributed by atoms with Crippen LogP contribution in [-0.2, 0) is 29.4 Å². The van der Waals surface area contributed by atoms with Crippen molar-refractivity contribution in [2.24, 2.45) is 0 Å². The number of nitrogens with one attached hydrogen (secondary N) is 3. The number of methoxy groups -OCH3 is 1. The number of aromatic amines is 1. The second-order valence-corrected chi connectivity index (χ2v) is 11.6. The Morgan fingerprint density at radius 3 is 2.59 bits per heavy atom. The van der Waals surface area contributed by atoms with Crippen LogP contribution in [-0.4, -0.2) is 97.1 Å². The largest absolute Gasteiger partial charge is 1.00 e. The van der Waals surface area contributed by atoms with Crippen LogP contribution in [0.15, 0.2) is 46.8 Å². The fraction of sp³-hybridized carbons (Fsp3) is 0.400. The van der Waals surface area contributed by atoms with Gasteiger partial charge in [-0.25, -0.2) is 18.2 Å². The van der Waals surface area contributed by atoms with Crippen molar-refractivity contribution in [3.8, 4) is 0 Å². The van der Waals surface area contributed by atoms with Gasteiger partial charge in [0.25, 0.3) is 17.5 Å². The van der Waals surface area contributed by atoms with Crippen molar-refractivity contribution in [3.63, 3.8) is 0 Å². The van der Waals surface area contributed by atoms with Crippen molar-refractivity contribution >= 4 is 51.6 Å². The second kappa shape index (κ2) is 15.1. The first kappa shape index (κ1) is 36.1. The van der Waals surface area contributed by atoms with Crippen LogP contribution in [0.2, 0.25) is 0 Å². The van der Waals surface area contributed by atoms with Gasteiger partial charge in [-0.2, -0.15) is 0 Å². The van der Waals surface area contributed by atoms with Gasteiger partial charge in [-0.1, -0.05) is 42.1 Å². The topological polar surface area (TPSA) is 243 Å². The Hall–Kier alpha value is -1.07. The van der Waals surface area contributed by atoms with Gasteiger partial charge < -0.3 is 29.6 Å². The van der Waals surface area contributed by atoms with E-state index in [0.29, 0.717) is 0 Å². The van der Waals surface area contributed by atoms with E-state index in [4.69, 9.17) is 4.74 Å². The molecule has 2 amide bonds. The zero-order valence-electron chi connectivity index (χ0n) is 22.0. The summed E-state index contributed by atoms with van der Waals surface area (Å²) in [6, 6.07) is 7.98. The molecule has 2 unspecified atom stereocenters. The number of carbonyl (C=O) groups is 3. The molecule has 41 heavy (non-hydrogen) atoms. The molecule has 1 aromatic carbocycles. The van der Waals surface area contributed by atoms with Gasteiger partial charge in [-0.3, -0.25) is 14.5 Å². The molecule has 4 N–H and O–H groups in total. The molecular formula is C20H21N7Na2O9S3. The Kier molecular flexibility index (Phi) is 13.3. The van der Waals surface area contributed by atoms with Crippen LogP contribution in [0.3, 0.4) is 0 Å². The Labute approximate surface area is 286 Å². The Morgan fingerprint density at radius 2 is 2.02 bits per heavy atom. The van der Waals surface area contributed by atoms with E-state index in [9.17, 15) is 37.6 Å². The quantitative estimate of drug-likeness (QED) is 0.0551. The van der Waals surface area contributed by atoms with Gasteiger partial charge in [0.2, 0.25) is 5.16 Å². The SMILES string of the molecule is CO[C@@]1(NC(=O)C(O)c2ccccc2)C(=O)N2C(C(=O)[O-])=C(C(CCNS(=O)(=O)[O-])Sc3nnn[nH]3)CS[C@H]21.[Na+].[Na+]. The van der Waals surface area contributed by atoms with Crippen molar-refractivity contribution < 1.29 is 101 Å². The maximum absolute atomic E-state index is 13.4. The molecule has 0 saturated carbocycles. The fourth-order valence-electron chi connectivity index (χ4n) is 4.13. The fourth-order valence-corrected chi connectivity index (χ4v) is 7.14. The number of H-pyrrole nitrogens is 1. The molecule has 1 saturated heterocycles. The summed E-state index contributed by atoms with van der Waals surface area (Å²) in [7, 11) is -3.61. The number of carboxylic acids is 1. The second-order valence-electron chi connectivity index (χ2n) is 8.19. The predicted octanol–water partition coefficient (Wildman–Crippen LogP) is -8.78. The third-order valence-electron chi connectivity index (χ3n) is 5.90. The first-order valence-corrected chi connectivity index (χ1v) is 14.4. The smallest absolute Gasteiger partial charge is 0.735 e. The van der Waals surface area contributed by atoms with Gasteiger partial charge in [0.1, 0.15) is 5.37 Å². The number of carboxylic acid groups (broad SMARTS) is 1. The molecule has 4 rings (SSSR count). The van der Waals surface area contributed by atoms with Crippen LogP contribution in [0.25, 0.3) is 0 Å². The molecule has 2 aliphatic rings. The summed E-state index contributed by atoms with van der Waals surface area (Å²) < 4.78 is 40.2. The van der Waals surface area contributed by atoms with Crippen LogP contribution in [0, 0.1) is 0 Å². The van der Waals surface area contributed by atoms with E-state index >= 15 is 0 Å². The van der Waals surface area contributed by atoms with Crippen molar-refractivity contribution in [1.82, 2.24) is 35.6 Å². The number of β-lactam (4-membered cyclic amide) rings is 1. The number of aliphatic hydroxyl groups excluding tert-OH is 1. The maximum atomic E-state index is 13.4. The Morgan fingerprint density at radius 1 is 1.34 bits per heavy atom. The summed E-state index contributed by atoms with van der Waals surface area (Å²) in [5.74, 6) is -3.56. The molecule has 2 aromatic rings. The third-order valence-corrected chi connectivity index (χ3v) is 9.00. The van der Waals surface area contributed by atoms with Crippen molar-refractivity contribution in [1.29, 1.82) is 0 Å². The van der Waals surface area contributed by atoms with E-state index in [0.717, 1.165) is 35.5 Å². The zero-order chi connectivity index (χ0) is 28.4. The molecule has 0 spiro atoms. The number of amides is 2. The molecule has 4 atom stereocenters. The van der Waals surface area contributed by atoms with E-state index in [2.05, 4.69) is 25.9 Å². The number of rotatable bonds is 12. The number of tetrazole rings is 1. The number of aromatic nitrogens is 4. The van der Waals surface area contributed by atoms with Crippen LogP contribution >= 0.6 is 23.5 Å². The van der Waals surface area contributed by atoms with Gasteiger partial charge in [0.05, 0.1) is 11.7 Å². The number of nitrogens with zero attached hydrogens (tertiary/aromatic N) is 4. The number of fused-ring (bicyclic) bond motifs is 1. The summed E-state index contributed by atoms with van der Waals surface area (Å²) in [6.07, 6.45) is -1.69. The van der Waals surface area contributed by atoms with Crippen LogP contribution in [0.4, 0.5) is 0 Å². The number of carbonyl (C=O) groups excluding carboxylic acids is 3. The number of aliphatic carboxylic acids is 1. The molecular weight excluding hydrogens is 624 g/mol. The normalized spacial score (nSPS) is 21.5. The van der Waals surface area contributed by atoms with Crippen molar-refractivity contribution in [2.75, 3.05) is 19.4 Å². The van der Waals surface area contributed by atoms with E-state index < -0.39 is 56.2 Å². The van der Waals surface area contributed by atoms with Crippen molar-refractivity contribution in [2.45, 2.75) is 34.0 Å². The van der Waals surface area contributed by atoms with E-state index in [1.807, 2.05) is 0 Å². The summed E-state index contributed by atoms with van der Waals surface area (Å²) in [4.78, 5) is 39.4. The summed E-state index contributed by atoms with van der Waals surface area (Å²) in [5, 5.41) is 36.6. The minimum Gasteiger partial charge on any atom is -0.735 e. The molecule has 16 nitrogen and oxygen atoms in total. The van der Waals surface area contributed by atoms with E-state index in [1.165, 1.54) is 12.1 Å². The Bertz CT molecular complexity index is 1390. The average Bonchev–Trinajstić information content (AvgIpc) is 3.42. The van der Waals surface area contributed by atoms with E-state index in [-0.39, 0.29) is 94.1 Å². The van der Waals surface area contributed by atoms with Crippen LogP contribution in [0.1, 0.15) is 18.1 Å². The first-order valence-electron chi connectivity index (χ1n) is 11.1. The number of ether oxygens (including phenoxy) is 1. The summed E-state index contributed by atoms with van der Waals surface area (Å²) >= 11 is 2.02. The van der Waals surface area contributed by atoms with Crippen LogP contribution < -0.4 is 74.3 Å².